The molecule has 4 heteroatoms. The summed E-state index contributed by atoms with van der Waals surface area (Å²) in [6.45, 7) is 0. The van der Waals surface area contributed by atoms with Crippen LogP contribution >= 0.6 is 11.6 Å². The maximum atomic E-state index is 6.38. The molecule has 2 aromatic rings. The van der Waals surface area contributed by atoms with Crippen molar-refractivity contribution in [1.29, 1.82) is 0 Å². The molecular weight excluding hydrogens is 246 g/mol. The van der Waals surface area contributed by atoms with E-state index in [-0.39, 0.29) is 5.54 Å². The van der Waals surface area contributed by atoms with Crippen molar-refractivity contribution < 1.29 is 0 Å². The van der Waals surface area contributed by atoms with E-state index in [9.17, 15) is 0 Å². The molecule has 0 spiro atoms. The summed E-state index contributed by atoms with van der Waals surface area (Å²) in [5.41, 5.74) is 8.01. The van der Waals surface area contributed by atoms with E-state index in [2.05, 4.69) is 9.97 Å². The van der Waals surface area contributed by atoms with Gasteiger partial charge in [-0.2, -0.15) is 0 Å². The molecule has 1 heterocycles. The van der Waals surface area contributed by atoms with Gasteiger partial charge in [0.1, 0.15) is 5.82 Å². The lowest BCUT2D eigenvalue weighted by Gasteiger charge is -2.20. The van der Waals surface area contributed by atoms with Crippen molar-refractivity contribution in [3.05, 3.63) is 41.3 Å². The summed E-state index contributed by atoms with van der Waals surface area (Å²) < 4.78 is 0. The number of hydrogen-bond acceptors (Lipinski definition) is 2. The molecule has 94 valence electrons. The van der Waals surface area contributed by atoms with Crippen molar-refractivity contribution in [2.45, 2.75) is 31.2 Å². The van der Waals surface area contributed by atoms with E-state index in [0.29, 0.717) is 0 Å². The van der Waals surface area contributed by atoms with Gasteiger partial charge >= 0.3 is 0 Å². The minimum Gasteiger partial charge on any atom is -0.340 e. The maximum Gasteiger partial charge on any atom is 0.126 e. The number of nitrogens with zero attached hydrogens (tertiary/aromatic N) is 1. The Labute approximate surface area is 111 Å². The van der Waals surface area contributed by atoms with Gasteiger partial charge in [0.05, 0.1) is 17.4 Å². The van der Waals surface area contributed by atoms with Crippen LogP contribution in [0.4, 0.5) is 0 Å². The topological polar surface area (TPSA) is 54.7 Å². The molecule has 18 heavy (non-hydrogen) atoms. The number of aromatic amines is 1. The molecule has 0 aliphatic heterocycles. The number of rotatable bonds is 2. The van der Waals surface area contributed by atoms with E-state index in [1.54, 1.807) is 0 Å². The number of hydrogen-bond donors (Lipinski definition) is 2. The average molecular weight is 262 g/mol. The van der Waals surface area contributed by atoms with Crippen LogP contribution in [0.5, 0.6) is 0 Å². The Hall–Kier alpha value is -1.32. The van der Waals surface area contributed by atoms with Crippen LogP contribution in [0, 0.1) is 0 Å². The van der Waals surface area contributed by atoms with Crippen LogP contribution in [-0.2, 0) is 5.54 Å². The number of halogens is 1. The van der Waals surface area contributed by atoms with Crippen molar-refractivity contribution in [3.8, 4) is 11.3 Å². The molecule has 0 radical (unpaired) electrons. The van der Waals surface area contributed by atoms with Gasteiger partial charge < -0.3 is 10.7 Å². The lowest BCUT2D eigenvalue weighted by atomic mass is 9.99. The predicted molar refractivity (Wildman–Crippen MR) is 73.4 cm³/mol. The molecule has 0 amide bonds. The molecule has 0 atom stereocenters. The smallest absolute Gasteiger partial charge is 0.126 e. The molecule has 0 unspecified atom stereocenters. The number of benzene rings is 1. The average Bonchev–Trinajstić information content (AvgIpc) is 2.99. The SMILES string of the molecule is NC1(c2ncc(-c3ccccc3Cl)[nH]2)CCCC1. The zero-order valence-corrected chi connectivity index (χ0v) is 10.9. The Morgan fingerprint density at radius 3 is 2.67 bits per heavy atom. The first-order chi connectivity index (χ1) is 8.69. The highest BCUT2D eigenvalue weighted by atomic mass is 35.5. The van der Waals surface area contributed by atoms with Gasteiger partial charge in [0.25, 0.3) is 0 Å². The molecule has 1 aromatic heterocycles. The third-order valence-corrected chi connectivity index (χ3v) is 4.04. The highest BCUT2D eigenvalue weighted by Crippen LogP contribution is 2.36. The zero-order valence-electron chi connectivity index (χ0n) is 10.1. The standard InChI is InChI=1S/C14H16ClN3/c15-11-6-2-1-5-10(11)12-9-17-13(18-12)14(16)7-3-4-8-14/h1-2,5-6,9H,3-4,7-8,16H2,(H,17,18). The van der Waals surface area contributed by atoms with Crippen molar-refractivity contribution in [2.75, 3.05) is 0 Å². The van der Waals surface area contributed by atoms with Crippen LogP contribution in [0.15, 0.2) is 30.5 Å². The van der Waals surface area contributed by atoms with E-state index in [1.165, 1.54) is 12.8 Å². The lowest BCUT2D eigenvalue weighted by molar-refractivity contribution is 0.436. The highest BCUT2D eigenvalue weighted by molar-refractivity contribution is 6.33. The molecule has 1 saturated carbocycles. The number of aromatic nitrogens is 2. The van der Waals surface area contributed by atoms with Gasteiger partial charge in [-0.25, -0.2) is 4.98 Å². The van der Waals surface area contributed by atoms with Gasteiger partial charge in [-0.3, -0.25) is 0 Å². The monoisotopic (exact) mass is 261 g/mol. The van der Waals surface area contributed by atoms with E-state index in [1.807, 2.05) is 30.5 Å². The van der Waals surface area contributed by atoms with Crippen LogP contribution in [0.1, 0.15) is 31.5 Å². The Morgan fingerprint density at radius 1 is 1.22 bits per heavy atom. The number of H-pyrrole nitrogens is 1. The summed E-state index contributed by atoms with van der Waals surface area (Å²) in [6.07, 6.45) is 6.19. The Kier molecular flexibility index (Phi) is 2.88. The molecular formula is C14H16ClN3. The molecule has 0 bridgehead atoms. The summed E-state index contributed by atoms with van der Waals surface area (Å²) in [6, 6.07) is 7.75. The Balaban J connectivity index is 1.97. The minimum atomic E-state index is -0.278. The van der Waals surface area contributed by atoms with E-state index >= 15 is 0 Å². The number of imidazole rings is 1. The molecule has 0 saturated heterocycles. The van der Waals surface area contributed by atoms with Gasteiger partial charge in [-0.05, 0) is 18.9 Å². The van der Waals surface area contributed by atoms with Crippen LogP contribution in [0.25, 0.3) is 11.3 Å². The fourth-order valence-corrected chi connectivity index (χ4v) is 2.87. The summed E-state index contributed by atoms with van der Waals surface area (Å²) in [4.78, 5) is 7.78. The van der Waals surface area contributed by atoms with Crippen molar-refractivity contribution >= 4 is 11.6 Å². The van der Waals surface area contributed by atoms with Gasteiger partial charge in [0.2, 0.25) is 0 Å². The van der Waals surface area contributed by atoms with E-state index < -0.39 is 0 Å². The second-order valence-electron chi connectivity index (χ2n) is 4.99. The number of nitrogens with one attached hydrogen (secondary N) is 1. The van der Waals surface area contributed by atoms with Crippen LogP contribution in [0.2, 0.25) is 5.02 Å². The molecule has 1 aliphatic rings. The normalized spacial score (nSPS) is 18.1. The predicted octanol–water partition coefficient (Wildman–Crippen LogP) is 3.46. The van der Waals surface area contributed by atoms with Crippen LogP contribution in [-0.4, -0.2) is 9.97 Å². The summed E-state index contributed by atoms with van der Waals surface area (Å²) in [5.74, 6) is 0.884. The molecule has 3 N–H and O–H groups in total. The van der Waals surface area contributed by atoms with E-state index in [4.69, 9.17) is 17.3 Å². The molecule has 1 aromatic carbocycles. The van der Waals surface area contributed by atoms with Crippen molar-refractivity contribution in [1.82, 2.24) is 9.97 Å². The highest BCUT2D eigenvalue weighted by Gasteiger charge is 2.34. The summed E-state index contributed by atoms with van der Waals surface area (Å²) in [7, 11) is 0. The van der Waals surface area contributed by atoms with E-state index in [0.717, 1.165) is 34.9 Å². The lowest BCUT2D eigenvalue weighted by Crippen LogP contribution is -2.34. The third kappa shape index (κ3) is 1.93. The largest absolute Gasteiger partial charge is 0.340 e. The first-order valence-electron chi connectivity index (χ1n) is 6.28. The molecule has 1 fully saturated rings. The zero-order chi connectivity index (χ0) is 12.6. The maximum absolute atomic E-state index is 6.38. The first kappa shape index (κ1) is 11.8. The summed E-state index contributed by atoms with van der Waals surface area (Å²) in [5, 5.41) is 0.727. The minimum absolute atomic E-state index is 0.278. The van der Waals surface area contributed by atoms with Gasteiger partial charge in [-0.15, -0.1) is 0 Å². The van der Waals surface area contributed by atoms with Crippen molar-refractivity contribution in [2.24, 2.45) is 5.73 Å². The molecule has 3 nitrogen and oxygen atoms in total. The van der Waals surface area contributed by atoms with Crippen molar-refractivity contribution in [3.63, 3.8) is 0 Å². The second kappa shape index (κ2) is 4.41. The third-order valence-electron chi connectivity index (χ3n) is 3.71. The molecule has 3 rings (SSSR count). The second-order valence-corrected chi connectivity index (χ2v) is 5.40. The fourth-order valence-electron chi connectivity index (χ4n) is 2.63. The first-order valence-corrected chi connectivity index (χ1v) is 6.66. The Bertz CT molecular complexity index is 556. The van der Waals surface area contributed by atoms with Crippen LogP contribution in [0.3, 0.4) is 0 Å². The van der Waals surface area contributed by atoms with Crippen LogP contribution < -0.4 is 5.73 Å². The number of nitrogens with two attached hydrogens (primary N) is 1. The van der Waals surface area contributed by atoms with Gasteiger partial charge in [0, 0.05) is 10.6 Å². The van der Waals surface area contributed by atoms with Gasteiger partial charge in [-0.1, -0.05) is 42.6 Å². The quantitative estimate of drug-likeness (QED) is 0.870. The van der Waals surface area contributed by atoms with Gasteiger partial charge in [0.15, 0.2) is 0 Å². The Morgan fingerprint density at radius 2 is 1.94 bits per heavy atom. The fraction of sp³-hybridized carbons (Fsp3) is 0.357. The molecule has 1 aliphatic carbocycles. The summed E-state index contributed by atoms with van der Waals surface area (Å²) >= 11 is 6.18.